The summed E-state index contributed by atoms with van der Waals surface area (Å²) >= 11 is 0. The molecule has 0 atom stereocenters. The van der Waals surface area contributed by atoms with Gasteiger partial charge in [-0.2, -0.15) is 5.26 Å². The zero-order valence-corrected chi connectivity index (χ0v) is 12.4. The highest BCUT2D eigenvalue weighted by molar-refractivity contribution is 5.69. The van der Waals surface area contributed by atoms with Gasteiger partial charge in [-0.25, -0.2) is 4.98 Å². The standard InChI is InChI=1S/C17H20N4/c1-17(2,10-8-13-6-4-3-5-7-13)21-16-15(19)14(12-18)9-11-20-16/h3-7,9,11H,8,10,19H2,1-2H3,(H,20,21). The molecule has 1 aromatic heterocycles. The summed E-state index contributed by atoms with van der Waals surface area (Å²) in [7, 11) is 0. The van der Waals surface area contributed by atoms with E-state index < -0.39 is 0 Å². The Morgan fingerprint density at radius 3 is 2.62 bits per heavy atom. The third kappa shape index (κ3) is 3.96. The maximum absolute atomic E-state index is 9.01. The highest BCUT2D eigenvalue weighted by Gasteiger charge is 2.19. The molecule has 0 aliphatic carbocycles. The predicted molar refractivity (Wildman–Crippen MR) is 85.8 cm³/mol. The van der Waals surface area contributed by atoms with E-state index in [-0.39, 0.29) is 5.54 Å². The minimum atomic E-state index is -0.162. The average molecular weight is 280 g/mol. The van der Waals surface area contributed by atoms with Crippen molar-refractivity contribution < 1.29 is 0 Å². The fourth-order valence-electron chi connectivity index (χ4n) is 2.15. The van der Waals surface area contributed by atoms with E-state index in [1.807, 2.05) is 18.2 Å². The number of nitrogens with one attached hydrogen (secondary N) is 1. The van der Waals surface area contributed by atoms with E-state index in [2.05, 4.69) is 42.4 Å². The first-order valence-electron chi connectivity index (χ1n) is 6.98. The van der Waals surface area contributed by atoms with Crippen LogP contribution in [0.5, 0.6) is 0 Å². The third-order valence-corrected chi connectivity index (χ3v) is 3.45. The Balaban J connectivity index is 2.06. The van der Waals surface area contributed by atoms with Gasteiger partial charge in [0.25, 0.3) is 0 Å². The number of aromatic nitrogens is 1. The Kier molecular flexibility index (Phi) is 4.44. The number of benzene rings is 1. The van der Waals surface area contributed by atoms with Gasteiger partial charge in [0, 0.05) is 11.7 Å². The molecule has 0 aliphatic heterocycles. The number of anilines is 2. The van der Waals surface area contributed by atoms with E-state index in [0.717, 1.165) is 12.8 Å². The summed E-state index contributed by atoms with van der Waals surface area (Å²) in [5.74, 6) is 0.576. The minimum Gasteiger partial charge on any atom is -0.395 e. The number of rotatable bonds is 5. The van der Waals surface area contributed by atoms with E-state index in [9.17, 15) is 0 Å². The van der Waals surface area contributed by atoms with Crippen LogP contribution in [0.15, 0.2) is 42.6 Å². The van der Waals surface area contributed by atoms with Crippen molar-refractivity contribution in [2.45, 2.75) is 32.2 Å². The molecule has 0 aliphatic rings. The first kappa shape index (κ1) is 14.9. The molecule has 108 valence electrons. The summed E-state index contributed by atoms with van der Waals surface area (Å²) in [6.45, 7) is 4.21. The lowest BCUT2D eigenvalue weighted by atomic mass is 9.95. The average Bonchev–Trinajstić information content (AvgIpc) is 2.48. The monoisotopic (exact) mass is 280 g/mol. The topological polar surface area (TPSA) is 74.7 Å². The Bertz CT molecular complexity index is 642. The molecule has 0 saturated carbocycles. The molecule has 0 amide bonds. The Labute approximate surface area is 125 Å². The van der Waals surface area contributed by atoms with Crippen molar-refractivity contribution in [2.24, 2.45) is 0 Å². The van der Waals surface area contributed by atoms with Crippen LogP contribution in [0, 0.1) is 11.3 Å². The number of nitrogens with zero attached hydrogens (tertiary/aromatic N) is 2. The molecule has 1 aromatic carbocycles. The SMILES string of the molecule is CC(C)(CCc1ccccc1)Nc1nccc(C#N)c1N. The minimum absolute atomic E-state index is 0.162. The molecule has 21 heavy (non-hydrogen) atoms. The van der Waals surface area contributed by atoms with Crippen molar-refractivity contribution >= 4 is 11.5 Å². The highest BCUT2D eigenvalue weighted by atomic mass is 15.1. The predicted octanol–water partition coefficient (Wildman–Crippen LogP) is 3.36. The second-order valence-electron chi connectivity index (χ2n) is 5.73. The molecule has 4 nitrogen and oxygen atoms in total. The molecule has 0 saturated heterocycles. The van der Waals surface area contributed by atoms with Crippen LogP contribution in [0.1, 0.15) is 31.4 Å². The lowest BCUT2D eigenvalue weighted by Crippen LogP contribution is -2.32. The van der Waals surface area contributed by atoms with Crippen molar-refractivity contribution in [3.63, 3.8) is 0 Å². The summed E-state index contributed by atoms with van der Waals surface area (Å²) in [4.78, 5) is 4.24. The molecule has 3 N–H and O–H groups in total. The van der Waals surface area contributed by atoms with Crippen LogP contribution in [0.2, 0.25) is 0 Å². The van der Waals surface area contributed by atoms with E-state index in [1.165, 1.54) is 5.56 Å². The van der Waals surface area contributed by atoms with Crippen LogP contribution in [-0.2, 0) is 6.42 Å². The number of pyridine rings is 1. The maximum Gasteiger partial charge on any atom is 0.150 e. The van der Waals surface area contributed by atoms with Gasteiger partial charge in [0.05, 0.1) is 11.3 Å². The van der Waals surface area contributed by atoms with Crippen LogP contribution in [0.4, 0.5) is 11.5 Å². The summed E-state index contributed by atoms with van der Waals surface area (Å²) in [5.41, 5.74) is 7.96. The number of nitrogen functional groups attached to an aromatic ring is 1. The van der Waals surface area contributed by atoms with Gasteiger partial charge in [-0.15, -0.1) is 0 Å². The van der Waals surface area contributed by atoms with Gasteiger partial charge in [-0.05, 0) is 38.3 Å². The number of hydrogen-bond donors (Lipinski definition) is 2. The van der Waals surface area contributed by atoms with Gasteiger partial charge in [0.1, 0.15) is 6.07 Å². The molecule has 0 fully saturated rings. The Hall–Kier alpha value is -2.54. The molecular formula is C17H20N4. The Morgan fingerprint density at radius 1 is 1.24 bits per heavy atom. The van der Waals surface area contributed by atoms with Gasteiger partial charge >= 0.3 is 0 Å². The zero-order valence-electron chi connectivity index (χ0n) is 12.4. The van der Waals surface area contributed by atoms with Crippen molar-refractivity contribution in [3.05, 3.63) is 53.7 Å². The number of nitriles is 1. The van der Waals surface area contributed by atoms with Gasteiger partial charge in [-0.3, -0.25) is 0 Å². The summed E-state index contributed by atoms with van der Waals surface area (Å²) < 4.78 is 0. The fraction of sp³-hybridized carbons (Fsp3) is 0.294. The molecule has 2 rings (SSSR count). The number of nitrogens with two attached hydrogens (primary N) is 1. The normalized spacial score (nSPS) is 10.9. The third-order valence-electron chi connectivity index (χ3n) is 3.45. The number of aryl methyl sites for hydroxylation is 1. The lowest BCUT2D eigenvalue weighted by molar-refractivity contribution is 0.517. The van der Waals surface area contributed by atoms with Crippen LogP contribution < -0.4 is 11.1 Å². The molecule has 0 spiro atoms. The first-order valence-corrected chi connectivity index (χ1v) is 6.98. The molecule has 0 unspecified atom stereocenters. The fourth-order valence-corrected chi connectivity index (χ4v) is 2.15. The van der Waals surface area contributed by atoms with Crippen LogP contribution in [0.25, 0.3) is 0 Å². The second-order valence-corrected chi connectivity index (χ2v) is 5.73. The van der Waals surface area contributed by atoms with E-state index in [0.29, 0.717) is 17.1 Å². The van der Waals surface area contributed by atoms with Gasteiger partial charge in [-0.1, -0.05) is 30.3 Å². The van der Waals surface area contributed by atoms with E-state index in [1.54, 1.807) is 12.3 Å². The maximum atomic E-state index is 9.01. The molecule has 4 heteroatoms. The summed E-state index contributed by atoms with van der Waals surface area (Å²) in [6, 6.07) is 14.1. The first-order chi connectivity index (χ1) is 10.0. The molecule has 1 heterocycles. The molecule has 0 radical (unpaired) electrons. The molecule has 2 aromatic rings. The van der Waals surface area contributed by atoms with Crippen molar-refractivity contribution in [2.75, 3.05) is 11.1 Å². The zero-order chi connectivity index (χ0) is 15.3. The van der Waals surface area contributed by atoms with Gasteiger partial charge < -0.3 is 11.1 Å². The van der Waals surface area contributed by atoms with Gasteiger partial charge in [0.15, 0.2) is 5.82 Å². The van der Waals surface area contributed by atoms with E-state index >= 15 is 0 Å². The quantitative estimate of drug-likeness (QED) is 0.880. The second kappa shape index (κ2) is 6.27. The highest BCUT2D eigenvalue weighted by Crippen LogP contribution is 2.25. The van der Waals surface area contributed by atoms with E-state index in [4.69, 9.17) is 11.0 Å². The van der Waals surface area contributed by atoms with Crippen LogP contribution in [-0.4, -0.2) is 10.5 Å². The summed E-state index contributed by atoms with van der Waals surface area (Å²) in [5, 5.41) is 12.4. The smallest absolute Gasteiger partial charge is 0.150 e. The number of hydrogen-bond acceptors (Lipinski definition) is 4. The molecule has 0 bridgehead atoms. The van der Waals surface area contributed by atoms with Crippen LogP contribution >= 0.6 is 0 Å². The van der Waals surface area contributed by atoms with Crippen molar-refractivity contribution in [1.82, 2.24) is 4.98 Å². The molecular weight excluding hydrogens is 260 g/mol. The largest absolute Gasteiger partial charge is 0.395 e. The van der Waals surface area contributed by atoms with Crippen molar-refractivity contribution in [3.8, 4) is 6.07 Å². The lowest BCUT2D eigenvalue weighted by Gasteiger charge is -2.27. The van der Waals surface area contributed by atoms with Crippen molar-refractivity contribution in [1.29, 1.82) is 5.26 Å². The van der Waals surface area contributed by atoms with Gasteiger partial charge in [0.2, 0.25) is 0 Å². The summed E-state index contributed by atoms with van der Waals surface area (Å²) in [6.07, 6.45) is 3.51. The van der Waals surface area contributed by atoms with Crippen LogP contribution in [0.3, 0.4) is 0 Å². The Morgan fingerprint density at radius 2 is 1.95 bits per heavy atom.